The van der Waals surface area contributed by atoms with Gasteiger partial charge in [0.05, 0.1) is 12.0 Å². The Hall–Kier alpha value is -3.40. The van der Waals surface area contributed by atoms with E-state index in [9.17, 15) is 19.2 Å². The molecule has 2 heterocycles. The molecule has 2 aromatic rings. The molecule has 1 saturated heterocycles. The first-order valence-corrected chi connectivity index (χ1v) is 9.14. The van der Waals surface area contributed by atoms with Gasteiger partial charge in [-0.05, 0) is 36.1 Å². The van der Waals surface area contributed by atoms with Gasteiger partial charge >= 0.3 is 6.03 Å². The molecule has 1 aliphatic heterocycles. The zero-order valence-electron chi connectivity index (χ0n) is 15.1. The van der Waals surface area contributed by atoms with Crippen LogP contribution >= 0.6 is 11.3 Å². The Balaban J connectivity index is 1.64. The van der Waals surface area contributed by atoms with Crippen molar-refractivity contribution in [1.82, 2.24) is 21.1 Å². The summed E-state index contributed by atoms with van der Waals surface area (Å²) >= 11 is 1.22. The average Bonchev–Trinajstić information content (AvgIpc) is 3.30. The van der Waals surface area contributed by atoms with Crippen LogP contribution in [0.2, 0.25) is 0 Å². The molecule has 5 amide bonds. The number of carbonyl (C=O) groups excluding carboxylic acids is 4. The first-order chi connectivity index (χ1) is 13.3. The number of amides is 5. The minimum Gasteiger partial charge on any atom is -0.497 e. The van der Waals surface area contributed by atoms with Gasteiger partial charge < -0.3 is 10.1 Å². The number of rotatable bonds is 5. The molecule has 10 heteroatoms. The Kier molecular flexibility index (Phi) is 5.32. The van der Waals surface area contributed by atoms with Crippen LogP contribution in [-0.2, 0) is 15.1 Å². The topological polar surface area (TPSA) is 117 Å². The number of hydrazine groups is 1. The van der Waals surface area contributed by atoms with Crippen molar-refractivity contribution in [3.63, 3.8) is 0 Å². The second-order valence-corrected chi connectivity index (χ2v) is 7.10. The zero-order valence-corrected chi connectivity index (χ0v) is 16.0. The van der Waals surface area contributed by atoms with Crippen molar-refractivity contribution in [2.75, 3.05) is 13.7 Å². The smallest absolute Gasteiger partial charge is 0.325 e. The number of urea groups is 1. The molecule has 0 radical (unpaired) electrons. The molecule has 1 fully saturated rings. The molecule has 3 N–H and O–H groups in total. The molecule has 3 rings (SSSR count). The van der Waals surface area contributed by atoms with Crippen LogP contribution < -0.4 is 20.9 Å². The fraction of sp³-hybridized carbons (Fsp3) is 0.222. The Morgan fingerprint density at radius 2 is 1.89 bits per heavy atom. The second-order valence-electron chi connectivity index (χ2n) is 6.15. The number of nitrogens with one attached hydrogen (secondary N) is 3. The average molecular weight is 402 g/mol. The molecule has 9 nitrogen and oxygen atoms in total. The lowest BCUT2D eigenvalue weighted by molar-refractivity contribution is -0.135. The lowest BCUT2D eigenvalue weighted by Crippen LogP contribution is -2.48. The zero-order chi connectivity index (χ0) is 20.3. The van der Waals surface area contributed by atoms with Gasteiger partial charge in [-0.25, -0.2) is 4.79 Å². The normalized spacial score (nSPS) is 18.6. The van der Waals surface area contributed by atoms with Crippen LogP contribution in [0, 0.1) is 0 Å². The van der Waals surface area contributed by atoms with E-state index in [0.29, 0.717) is 16.2 Å². The summed E-state index contributed by atoms with van der Waals surface area (Å²) < 4.78 is 5.09. The molecule has 0 saturated carbocycles. The SMILES string of the molecule is COc1ccc([C@@]2(C)NC(=O)N(CC(=O)NNC(=O)c3cccs3)C2=O)cc1. The van der Waals surface area contributed by atoms with Gasteiger partial charge in [0.2, 0.25) is 0 Å². The summed E-state index contributed by atoms with van der Waals surface area (Å²) in [4.78, 5) is 50.2. The maximum atomic E-state index is 12.8. The molecule has 1 atom stereocenters. The summed E-state index contributed by atoms with van der Waals surface area (Å²) in [5.41, 5.74) is 3.69. The molecular weight excluding hydrogens is 384 g/mol. The Bertz CT molecular complexity index is 913. The largest absolute Gasteiger partial charge is 0.497 e. The van der Waals surface area contributed by atoms with Crippen LogP contribution in [0.1, 0.15) is 22.2 Å². The molecule has 1 aromatic heterocycles. The summed E-state index contributed by atoms with van der Waals surface area (Å²) in [6, 6.07) is 9.30. The first kappa shape index (κ1) is 19.4. The Morgan fingerprint density at radius 1 is 1.18 bits per heavy atom. The highest BCUT2D eigenvalue weighted by molar-refractivity contribution is 7.12. The van der Waals surface area contributed by atoms with Gasteiger partial charge in [0.15, 0.2) is 0 Å². The van der Waals surface area contributed by atoms with Crippen molar-refractivity contribution in [1.29, 1.82) is 0 Å². The van der Waals surface area contributed by atoms with Gasteiger partial charge in [0.1, 0.15) is 17.8 Å². The van der Waals surface area contributed by atoms with Gasteiger partial charge in [-0.15, -0.1) is 11.3 Å². The number of hydrogen-bond donors (Lipinski definition) is 3. The van der Waals surface area contributed by atoms with E-state index in [1.165, 1.54) is 18.4 Å². The molecular formula is C18H18N4O5S. The van der Waals surface area contributed by atoms with E-state index in [-0.39, 0.29) is 0 Å². The van der Waals surface area contributed by atoms with Crippen LogP contribution in [0.4, 0.5) is 4.79 Å². The monoisotopic (exact) mass is 402 g/mol. The third-order valence-corrected chi connectivity index (χ3v) is 5.17. The van der Waals surface area contributed by atoms with E-state index in [1.54, 1.807) is 48.7 Å². The number of carbonyl (C=O) groups is 4. The van der Waals surface area contributed by atoms with Crippen LogP contribution in [0.3, 0.4) is 0 Å². The highest BCUT2D eigenvalue weighted by atomic mass is 32.1. The Morgan fingerprint density at radius 3 is 2.50 bits per heavy atom. The number of hydrogen-bond acceptors (Lipinski definition) is 6. The van der Waals surface area contributed by atoms with Gasteiger partial charge in [0, 0.05) is 0 Å². The number of nitrogens with zero attached hydrogens (tertiary/aromatic N) is 1. The maximum Gasteiger partial charge on any atom is 0.325 e. The van der Waals surface area contributed by atoms with Crippen LogP contribution in [-0.4, -0.2) is 42.3 Å². The van der Waals surface area contributed by atoms with Crippen molar-refractivity contribution in [2.24, 2.45) is 0 Å². The Labute approximate surface area is 164 Å². The predicted molar refractivity (Wildman–Crippen MR) is 101 cm³/mol. The fourth-order valence-corrected chi connectivity index (χ4v) is 3.36. The third kappa shape index (κ3) is 3.67. The van der Waals surface area contributed by atoms with E-state index in [4.69, 9.17) is 4.74 Å². The molecule has 0 bridgehead atoms. The van der Waals surface area contributed by atoms with Crippen molar-refractivity contribution in [3.05, 3.63) is 52.2 Å². The van der Waals surface area contributed by atoms with Gasteiger partial charge in [-0.3, -0.25) is 30.1 Å². The van der Waals surface area contributed by atoms with Crippen LogP contribution in [0.25, 0.3) is 0 Å². The molecule has 1 aliphatic rings. The lowest BCUT2D eigenvalue weighted by atomic mass is 9.92. The summed E-state index contributed by atoms with van der Waals surface area (Å²) in [5, 5.41) is 4.33. The number of methoxy groups -OCH3 is 1. The van der Waals surface area contributed by atoms with Gasteiger partial charge in [-0.1, -0.05) is 18.2 Å². The predicted octanol–water partition coefficient (Wildman–Crippen LogP) is 0.985. The van der Waals surface area contributed by atoms with E-state index in [2.05, 4.69) is 16.2 Å². The molecule has 146 valence electrons. The van der Waals surface area contributed by atoms with Gasteiger partial charge in [0.25, 0.3) is 17.7 Å². The standard InChI is InChI=1S/C18H18N4O5S/c1-18(11-5-7-12(27-2)8-6-11)16(25)22(17(26)19-18)10-14(23)20-21-15(24)13-4-3-9-28-13/h3-9H,10H2,1-2H3,(H,19,26)(H,20,23)(H,21,24)/t18-/m1/s1. The van der Waals surface area contributed by atoms with E-state index < -0.39 is 35.8 Å². The number of imide groups is 1. The lowest BCUT2D eigenvalue weighted by Gasteiger charge is -2.22. The van der Waals surface area contributed by atoms with Crippen LogP contribution in [0.15, 0.2) is 41.8 Å². The second kappa shape index (κ2) is 7.69. The molecule has 0 spiro atoms. The van der Waals surface area contributed by atoms with E-state index in [0.717, 1.165) is 4.90 Å². The molecule has 1 aromatic carbocycles. The summed E-state index contributed by atoms with van der Waals surface area (Å²) in [6.45, 7) is 1.03. The van der Waals surface area contributed by atoms with Gasteiger partial charge in [-0.2, -0.15) is 0 Å². The molecule has 0 aliphatic carbocycles. The third-order valence-electron chi connectivity index (χ3n) is 4.30. The van der Waals surface area contributed by atoms with Crippen molar-refractivity contribution in [2.45, 2.75) is 12.5 Å². The quantitative estimate of drug-likeness (QED) is 0.509. The minimum atomic E-state index is -1.30. The van der Waals surface area contributed by atoms with Crippen LogP contribution in [0.5, 0.6) is 5.75 Å². The van der Waals surface area contributed by atoms with Crippen molar-refractivity contribution < 1.29 is 23.9 Å². The number of ether oxygens (including phenoxy) is 1. The van der Waals surface area contributed by atoms with E-state index >= 15 is 0 Å². The minimum absolute atomic E-state index is 0.419. The maximum absolute atomic E-state index is 12.8. The number of thiophene rings is 1. The fourth-order valence-electron chi connectivity index (χ4n) is 2.74. The first-order valence-electron chi connectivity index (χ1n) is 8.26. The molecule has 0 unspecified atom stereocenters. The van der Waals surface area contributed by atoms with Crippen molar-refractivity contribution >= 4 is 35.1 Å². The number of benzene rings is 1. The highest BCUT2D eigenvalue weighted by Gasteiger charge is 2.49. The highest BCUT2D eigenvalue weighted by Crippen LogP contribution is 2.29. The van der Waals surface area contributed by atoms with E-state index in [1.807, 2.05) is 0 Å². The van der Waals surface area contributed by atoms with Crippen molar-refractivity contribution in [3.8, 4) is 5.75 Å². The summed E-state index contributed by atoms with van der Waals surface area (Å²) in [7, 11) is 1.52. The summed E-state index contributed by atoms with van der Waals surface area (Å²) in [6.07, 6.45) is 0. The molecule has 28 heavy (non-hydrogen) atoms. The summed E-state index contributed by atoms with van der Waals surface area (Å²) in [5.74, 6) is -1.14.